The Kier molecular flexibility index (Phi) is 4.80. The highest BCUT2D eigenvalue weighted by atomic mass is 79.9. The lowest BCUT2D eigenvalue weighted by molar-refractivity contribution is -0.877. The second-order valence-electron chi connectivity index (χ2n) is 6.31. The van der Waals surface area contributed by atoms with E-state index in [-0.39, 0.29) is 0 Å². The number of halogens is 1. The molecule has 1 saturated carbocycles. The molecule has 1 aliphatic carbocycles. The normalized spacial score (nSPS) is 22.7. The van der Waals surface area contributed by atoms with Gasteiger partial charge in [0, 0.05) is 10.4 Å². The van der Waals surface area contributed by atoms with Crippen LogP contribution in [0.2, 0.25) is 0 Å². The Labute approximate surface area is 125 Å². The quantitative estimate of drug-likeness (QED) is 0.582. The molecule has 0 aliphatic heterocycles. The van der Waals surface area contributed by atoms with Crippen LogP contribution in [-0.2, 0) is 6.42 Å². The Balaban J connectivity index is 2.12. The van der Waals surface area contributed by atoms with Crippen LogP contribution in [0, 0.1) is 5.92 Å². The molecule has 0 saturated heterocycles. The molecule has 0 aromatic heterocycles. The lowest BCUT2D eigenvalue weighted by Crippen LogP contribution is -2.33. The molecule has 1 aliphatic rings. The Morgan fingerprint density at radius 3 is 2.47 bits per heavy atom. The summed E-state index contributed by atoms with van der Waals surface area (Å²) < 4.78 is 1.84. The zero-order valence-electron chi connectivity index (χ0n) is 12.2. The zero-order valence-corrected chi connectivity index (χ0v) is 13.8. The van der Waals surface area contributed by atoms with Crippen molar-refractivity contribution in [1.29, 1.82) is 0 Å². The van der Waals surface area contributed by atoms with Gasteiger partial charge in [0.25, 0.3) is 0 Å². The third kappa shape index (κ3) is 4.73. The van der Waals surface area contributed by atoms with Crippen molar-refractivity contribution in [2.45, 2.75) is 32.1 Å². The molecule has 104 valence electrons. The summed E-state index contributed by atoms with van der Waals surface area (Å²) in [6, 6.07) is 8.72. The Hall–Kier alpha value is -0.670. The van der Waals surface area contributed by atoms with Crippen molar-refractivity contribution in [2.75, 3.05) is 21.1 Å². The smallest absolute Gasteiger partial charge is 0.0923 e. The molecular formula is C16H24BrN2+. The van der Waals surface area contributed by atoms with E-state index in [2.05, 4.69) is 61.3 Å². The minimum absolute atomic E-state index is 0.632. The second kappa shape index (κ2) is 6.19. The molecule has 1 atom stereocenters. The van der Waals surface area contributed by atoms with Gasteiger partial charge in [0.1, 0.15) is 0 Å². The molecule has 1 aromatic carbocycles. The Bertz CT molecular complexity index is 443. The van der Waals surface area contributed by atoms with Gasteiger partial charge in [-0.15, -0.1) is 0 Å². The average Bonchev–Trinajstić information content (AvgIpc) is 2.33. The van der Waals surface area contributed by atoms with Crippen LogP contribution in [0.4, 0.5) is 0 Å². The van der Waals surface area contributed by atoms with Crippen molar-refractivity contribution in [3.05, 3.63) is 34.3 Å². The van der Waals surface area contributed by atoms with E-state index in [1.54, 1.807) is 0 Å². The fraction of sp³-hybridized carbons (Fsp3) is 0.562. The van der Waals surface area contributed by atoms with E-state index in [4.69, 9.17) is 5.10 Å². The lowest BCUT2D eigenvalue weighted by Gasteiger charge is -2.26. The van der Waals surface area contributed by atoms with Gasteiger partial charge in [-0.2, -0.15) is 0 Å². The first kappa shape index (κ1) is 14.7. The number of rotatable bonds is 3. The number of hydrogen-bond donors (Lipinski definition) is 0. The van der Waals surface area contributed by atoms with Gasteiger partial charge in [-0.3, -0.25) is 0 Å². The van der Waals surface area contributed by atoms with Crippen LogP contribution in [0.5, 0.6) is 0 Å². The van der Waals surface area contributed by atoms with Crippen LogP contribution in [0.3, 0.4) is 0 Å². The van der Waals surface area contributed by atoms with Crippen molar-refractivity contribution in [3.63, 3.8) is 0 Å². The number of benzene rings is 1. The van der Waals surface area contributed by atoms with Crippen LogP contribution < -0.4 is 0 Å². The first-order chi connectivity index (χ1) is 8.94. The number of quaternary nitrogens is 1. The van der Waals surface area contributed by atoms with Crippen molar-refractivity contribution >= 4 is 21.6 Å². The standard InChI is InChI=1S/C16H24BrN2/c1-19(2,3)18-16-7-5-4-6-14(16)12-13-8-10-15(17)11-9-13/h8-11,14H,4-7,12H2,1-3H3/q+1. The molecular weight excluding hydrogens is 300 g/mol. The second-order valence-corrected chi connectivity index (χ2v) is 7.22. The van der Waals surface area contributed by atoms with Gasteiger partial charge in [-0.25, -0.2) is 4.59 Å². The predicted molar refractivity (Wildman–Crippen MR) is 85.3 cm³/mol. The third-order valence-electron chi connectivity index (χ3n) is 3.53. The summed E-state index contributed by atoms with van der Waals surface area (Å²) >= 11 is 3.50. The van der Waals surface area contributed by atoms with E-state index in [0.29, 0.717) is 10.5 Å². The maximum absolute atomic E-state index is 4.91. The molecule has 0 spiro atoms. The third-order valence-corrected chi connectivity index (χ3v) is 4.06. The van der Waals surface area contributed by atoms with Gasteiger partial charge in [0.05, 0.1) is 26.9 Å². The number of hydrogen-bond acceptors (Lipinski definition) is 1. The molecule has 1 aromatic rings. The molecule has 0 amide bonds. The van der Waals surface area contributed by atoms with Gasteiger partial charge < -0.3 is 0 Å². The molecule has 2 rings (SSSR count). The first-order valence-electron chi connectivity index (χ1n) is 7.09. The van der Waals surface area contributed by atoms with E-state index in [0.717, 1.165) is 10.9 Å². The molecule has 0 N–H and O–H groups in total. The minimum atomic E-state index is 0.632. The molecule has 1 unspecified atom stereocenters. The van der Waals surface area contributed by atoms with Gasteiger partial charge in [-0.1, -0.05) is 39.6 Å². The zero-order chi connectivity index (χ0) is 13.9. The fourth-order valence-corrected chi connectivity index (χ4v) is 2.97. The topological polar surface area (TPSA) is 12.4 Å². The van der Waals surface area contributed by atoms with E-state index < -0.39 is 0 Å². The van der Waals surface area contributed by atoms with Gasteiger partial charge >= 0.3 is 0 Å². The predicted octanol–water partition coefficient (Wildman–Crippen LogP) is 4.24. The number of nitrogens with zero attached hydrogens (tertiary/aromatic N) is 2. The highest BCUT2D eigenvalue weighted by Crippen LogP contribution is 2.26. The molecule has 0 radical (unpaired) electrons. The Morgan fingerprint density at radius 1 is 1.16 bits per heavy atom. The molecule has 19 heavy (non-hydrogen) atoms. The highest BCUT2D eigenvalue weighted by Gasteiger charge is 2.23. The summed E-state index contributed by atoms with van der Waals surface area (Å²) in [5, 5.41) is 4.91. The summed E-state index contributed by atoms with van der Waals surface area (Å²) in [5.74, 6) is 0.632. The van der Waals surface area contributed by atoms with Crippen molar-refractivity contribution in [3.8, 4) is 0 Å². The minimum Gasteiger partial charge on any atom is -0.205 e. The average molecular weight is 324 g/mol. The van der Waals surface area contributed by atoms with Crippen LogP contribution in [0.1, 0.15) is 31.2 Å². The van der Waals surface area contributed by atoms with E-state index in [1.165, 1.54) is 37.0 Å². The SMILES string of the molecule is C[N+](C)(C)N=C1CCCCC1Cc1ccc(Br)cc1. The monoisotopic (exact) mass is 323 g/mol. The van der Waals surface area contributed by atoms with Crippen molar-refractivity contribution in [1.82, 2.24) is 0 Å². The molecule has 2 nitrogen and oxygen atoms in total. The van der Waals surface area contributed by atoms with E-state index in [9.17, 15) is 0 Å². The molecule has 1 fully saturated rings. The van der Waals surface area contributed by atoms with Crippen molar-refractivity contribution < 1.29 is 4.59 Å². The summed E-state index contributed by atoms with van der Waals surface area (Å²) in [6.45, 7) is 0. The lowest BCUT2D eigenvalue weighted by atomic mass is 9.83. The summed E-state index contributed by atoms with van der Waals surface area (Å²) in [7, 11) is 6.41. The summed E-state index contributed by atoms with van der Waals surface area (Å²) in [4.78, 5) is 0. The molecule has 0 heterocycles. The van der Waals surface area contributed by atoms with Crippen LogP contribution in [0.25, 0.3) is 0 Å². The molecule has 0 bridgehead atoms. The van der Waals surface area contributed by atoms with E-state index >= 15 is 0 Å². The van der Waals surface area contributed by atoms with Crippen LogP contribution >= 0.6 is 15.9 Å². The summed E-state index contributed by atoms with van der Waals surface area (Å²) in [5.41, 5.74) is 2.84. The van der Waals surface area contributed by atoms with Crippen LogP contribution in [0.15, 0.2) is 33.8 Å². The molecule has 3 heteroatoms. The largest absolute Gasteiger partial charge is 0.205 e. The maximum Gasteiger partial charge on any atom is 0.0923 e. The van der Waals surface area contributed by atoms with E-state index in [1.807, 2.05) is 0 Å². The summed E-state index contributed by atoms with van der Waals surface area (Å²) in [6.07, 6.45) is 6.24. The van der Waals surface area contributed by atoms with Gasteiger partial charge in [0.2, 0.25) is 0 Å². The van der Waals surface area contributed by atoms with Crippen LogP contribution in [-0.4, -0.2) is 31.4 Å². The highest BCUT2D eigenvalue weighted by molar-refractivity contribution is 9.10. The van der Waals surface area contributed by atoms with Gasteiger partial charge in [0.15, 0.2) is 0 Å². The maximum atomic E-state index is 4.91. The van der Waals surface area contributed by atoms with Gasteiger partial charge in [-0.05, 0) is 43.4 Å². The van der Waals surface area contributed by atoms with Crippen molar-refractivity contribution in [2.24, 2.45) is 11.0 Å². The fourth-order valence-electron chi connectivity index (χ4n) is 2.71. The first-order valence-corrected chi connectivity index (χ1v) is 7.88. The Morgan fingerprint density at radius 2 is 1.84 bits per heavy atom.